The third-order valence-corrected chi connectivity index (χ3v) is 6.02. The molecule has 200 valence electrons. The van der Waals surface area contributed by atoms with E-state index in [9.17, 15) is 28.2 Å². The number of ether oxygens (including phenoxy) is 2. The number of anilines is 1. The second kappa shape index (κ2) is 9.59. The predicted molar refractivity (Wildman–Crippen MR) is 125 cm³/mol. The average molecular weight is 533 g/mol. The fourth-order valence-electron chi connectivity index (χ4n) is 4.26. The van der Waals surface area contributed by atoms with E-state index < -0.39 is 42.6 Å². The summed E-state index contributed by atoms with van der Waals surface area (Å²) in [5, 5.41) is 28.8. The molecule has 0 unspecified atom stereocenters. The fourth-order valence-corrected chi connectivity index (χ4v) is 4.26. The summed E-state index contributed by atoms with van der Waals surface area (Å²) in [7, 11) is 1.75. The highest BCUT2D eigenvalue weighted by Crippen LogP contribution is 2.38. The number of halogens is 3. The van der Waals surface area contributed by atoms with Gasteiger partial charge in [0.05, 0.1) is 11.1 Å². The highest BCUT2D eigenvalue weighted by molar-refractivity contribution is 5.99. The minimum absolute atomic E-state index is 0.0709. The van der Waals surface area contributed by atoms with Crippen LogP contribution in [0.25, 0.3) is 22.3 Å². The van der Waals surface area contributed by atoms with E-state index in [1.165, 1.54) is 23.0 Å². The molecule has 4 aromatic rings. The molecule has 0 saturated carbocycles. The van der Waals surface area contributed by atoms with Crippen molar-refractivity contribution in [1.82, 2.24) is 29.6 Å². The molecule has 12 nitrogen and oxygen atoms in total. The molecule has 4 atom stereocenters. The smallest absolute Gasteiger partial charge is 0.406 e. The van der Waals surface area contributed by atoms with E-state index in [-0.39, 0.29) is 12.4 Å². The average Bonchev–Trinajstić information content (AvgIpc) is 3.54. The minimum Gasteiger partial charge on any atom is -0.406 e. The molecule has 1 fully saturated rings. The number of nitrogens with zero attached hydrogens (tertiary/aromatic N) is 5. The van der Waals surface area contributed by atoms with Crippen LogP contribution in [0.4, 0.5) is 19.0 Å². The Morgan fingerprint density at radius 1 is 1.18 bits per heavy atom. The Morgan fingerprint density at radius 2 is 1.92 bits per heavy atom. The van der Waals surface area contributed by atoms with Crippen molar-refractivity contribution < 1.29 is 37.7 Å². The van der Waals surface area contributed by atoms with Crippen molar-refractivity contribution in [3.8, 4) is 17.0 Å². The number of benzene rings is 1. The van der Waals surface area contributed by atoms with Gasteiger partial charge in [-0.1, -0.05) is 12.1 Å². The number of hydrogen-bond acceptors (Lipinski definition) is 9. The number of fused-ring (bicyclic) bond motifs is 1. The van der Waals surface area contributed by atoms with Crippen LogP contribution >= 0.6 is 0 Å². The van der Waals surface area contributed by atoms with Crippen LogP contribution in [-0.4, -0.2) is 65.1 Å². The number of nitrogen functional groups attached to an aromatic ring is 1. The lowest BCUT2D eigenvalue weighted by molar-refractivity contribution is -0.274. The second-order valence-corrected chi connectivity index (χ2v) is 8.62. The largest absolute Gasteiger partial charge is 0.573 e. The van der Waals surface area contributed by atoms with Gasteiger partial charge in [-0.3, -0.25) is 9.48 Å². The number of amides is 1. The van der Waals surface area contributed by atoms with E-state index in [0.717, 1.165) is 12.1 Å². The molecule has 0 aliphatic carbocycles. The summed E-state index contributed by atoms with van der Waals surface area (Å²) in [6.07, 6.45) is -5.98. The van der Waals surface area contributed by atoms with Crippen molar-refractivity contribution >= 4 is 22.8 Å². The van der Waals surface area contributed by atoms with Crippen LogP contribution in [0.3, 0.4) is 0 Å². The number of carbonyl (C=O) groups is 1. The molecule has 1 aromatic carbocycles. The molecular weight excluding hydrogens is 511 g/mol. The first-order valence-electron chi connectivity index (χ1n) is 11.3. The Kier molecular flexibility index (Phi) is 6.42. The maximum absolute atomic E-state index is 12.8. The molecule has 0 spiro atoms. The van der Waals surface area contributed by atoms with E-state index in [2.05, 4.69) is 25.1 Å². The Bertz CT molecular complexity index is 1470. The first-order valence-corrected chi connectivity index (χ1v) is 11.3. The highest BCUT2D eigenvalue weighted by Gasteiger charge is 2.48. The third-order valence-electron chi connectivity index (χ3n) is 6.02. The number of aromatic nitrogens is 5. The van der Waals surface area contributed by atoms with Crippen LogP contribution in [0, 0.1) is 0 Å². The Labute approximate surface area is 212 Å². The van der Waals surface area contributed by atoms with Crippen molar-refractivity contribution in [2.45, 2.75) is 37.4 Å². The van der Waals surface area contributed by atoms with E-state index >= 15 is 0 Å². The van der Waals surface area contributed by atoms with Crippen molar-refractivity contribution in [3.05, 3.63) is 54.6 Å². The molecule has 0 radical (unpaired) electrons. The number of aliphatic hydroxyl groups is 2. The van der Waals surface area contributed by atoms with Gasteiger partial charge in [-0.2, -0.15) is 5.10 Å². The zero-order valence-corrected chi connectivity index (χ0v) is 19.7. The van der Waals surface area contributed by atoms with E-state index in [0.29, 0.717) is 27.9 Å². The van der Waals surface area contributed by atoms with Crippen molar-refractivity contribution in [2.75, 3.05) is 5.73 Å². The van der Waals surface area contributed by atoms with Gasteiger partial charge in [-0.15, -0.1) is 13.2 Å². The van der Waals surface area contributed by atoms with Crippen LogP contribution in [0.5, 0.6) is 5.75 Å². The topological polar surface area (TPSA) is 163 Å². The summed E-state index contributed by atoms with van der Waals surface area (Å²) in [4.78, 5) is 21.1. The van der Waals surface area contributed by atoms with Gasteiger partial charge in [-0.05, 0) is 23.8 Å². The zero-order chi connectivity index (χ0) is 27.2. The Hall–Kier alpha value is -4.21. The van der Waals surface area contributed by atoms with Crippen molar-refractivity contribution in [1.29, 1.82) is 0 Å². The number of carbonyl (C=O) groups excluding carboxylic acids is 1. The van der Waals surface area contributed by atoms with Gasteiger partial charge in [0.15, 0.2) is 12.3 Å². The standard InChI is InChI=1S/C23H22F3N7O5/c1-32-7-6-14(31-32)13-9-33(20-15(13)19(27)29-10-30-20)22-17(35)16(34)18(37-22)21(36)28-8-11-2-4-12(5-3-11)38-23(24,25)26/h2-7,9-10,16-18,22,34-35H,8H2,1H3,(H,28,36)(H2,27,29,30)/t16-,17+,18-,22+/m0/s1. The monoisotopic (exact) mass is 533 g/mol. The SMILES string of the molecule is Cn1ccc(-c2cn([C@@H]3O[C@H](C(=O)NCc4ccc(OC(F)(F)F)cc4)[C@@H](O)[C@H]3O)c3ncnc(N)c23)n1. The normalized spacial score (nSPS) is 21.6. The highest BCUT2D eigenvalue weighted by atomic mass is 19.4. The number of hydrogen-bond donors (Lipinski definition) is 4. The lowest BCUT2D eigenvalue weighted by atomic mass is 10.1. The molecule has 4 heterocycles. The summed E-state index contributed by atoms with van der Waals surface area (Å²) in [6, 6.07) is 6.67. The summed E-state index contributed by atoms with van der Waals surface area (Å²) in [6.45, 7) is -0.0709. The molecule has 5 N–H and O–H groups in total. The minimum atomic E-state index is -4.82. The molecule has 1 amide bonds. The fraction of sp³-hybridized carbons (Fsp3) is 0.304. The van der Waals surface area contributed by atoms with Crippen LogP contribution in [0.2, 0.25) is 0 Å². The van der Waals surface area contributed by atoms with Crippen molar-refractivity contribution in [3.63, 3.8) is 0 Å². The van der Waals surface area contributed by atoms with Gasteiger partial charge >= 0.3 is 6.36 Å². The molecular formula is C23H22F3N7O5. The van der Waals surface area contributed by atoms with Crippen molar-refractivity contribution in [2.24, 2.45) is 7.05 Å². The van der Waals surface area contributed by atoms with Crippen LogP contribution < -0.4 is 15.8 Å². The van der Waals surface area contributed by atoms with E-state index in [1.807, 2.05) is 0 Å². The number of nitrogens with one attached hydrogen (secondary N) is 1. The lowest BCUT2D eigenvalue weighted by Crippen LogP contribution is -2.42. The maximum Gasteiger partial charge on any atom is 0.573 e. The number of aryl methyl sites for hydroxylation is 1. The number of rotatable bonds is 6. The lowest BCUT2D eigenvalue weighted by Gasteiger charge is -2.17. The first kappa shape index (κ1) is 25.4. The molecule has 1 aliphatic heterocycles. The molecule has 38 heavy (non-hydrogen) atoms. The van der Waals surface area contributed by atoms with Gasteiger partial charge in [0.25, 0.3) is 5.91 Å². The van der Waals surface area contributed by atoms with Gasteiger partial charge < -0.3 is 35.3 Å². The number of alkyl halides is 3. The van der Waals surface area contributed by atoms with Gasteiger partial charge in [0.2, 0.25) is 0 Å². The molecule has 5 rings (SSSR count). The zero-order valence-electron chi connectivity index (χ0n) is 19.7. The summed E-state index contributed by atoms with van der Waals surface area (Å²) >= 11 is 0. The summed E-state index contributed by atoms with van der Waals surface area (Å²) < 4.78 is 49.6. The van der Waals surface area contributed by atoms with Gasteiger partial charge in [0.1, 0.15) is 35.7 Å². The molecule has 1 saturated heterocycles. The number of nitrogens with two attached hydrogens (primary N) is 1. The maximum atomic E-state index is 12.8. The summed E-state index contributed by atoms with van der Waals surface area (Å²) in [5.41, 5.74) is 8.01. The van der Waals surface area contributed by atoms with Crippen LogP contribution in [0.1, 0.15) is 11.8 Å². The predicted octanol–water partition coefficient (Wildman–Crippen LogP) is 1.25. The van der Waals surface area contributed by atoms with Crippen LogP contribution in [-0.2, 0) is 23.1 Å². The van der Waals surface area contributed by atoms with Crippen LogP contribution in [0.15, 0.2) is 49.1 Å². The van der Waals surface area contributed by atoms with E-state index in [4.69, 9.17) is 10.5 Å². The quantitative estimate of drug-likeness (QED) is 0.286. The molecule has 15 heteroatoms. The second-order valence-electron chi connectivity index (χ2n) is 8.62. The molecule has 1 aliphatic rings. The van der Waals surface area contributed by atoms with Gasteiger partial charge in [-0.25, -0.2) is 9.97 Å². The Balaban J connectivity index is 1.34. The first-order chi connectivity index (χ1) is 18.0. The Morgan fingerprint density at radius 3 is 2.58 bits per heavy atom. The number of aliphatic hydroxyl groups excluding tert-OH is 2. The van der Waals surface area contributed by atoms with E-state index in [1.54, 1.807) is 30.2 Å². The molecule has 3 aromatic heterocycles. The van der Waals surface area contributed by atoms with Gasteiger partial charge in [0, 0.05) is 31.5 Å². The summed E-state index contributed by atoms with van der Waals surface area (Å²) in [5.74, 6) is -0.963. The third kappa shape index (κ3) is 4.85. The molecule has 0 bridgehead atoms.